The van der Waals surface area contributed by atoms with Crippen molar-refractivity contribution in [3.8, 4) is 0 Å². The quantitative estimate of drug-likeness (QED) is 0.333. The summed E-state index contributed by atoms with van der Waals surface area (Å²) in [5, 5.41) is 7.25. The van der Waals surface area contributed by atoms with Gasteiger partial charge in [-0.2, -0.15) is 0 Å². The van der Waals surface area contributed by atoms with Gasteiger partial charge in [-0.3, -0.25) is 0 Å². The van der Waals surface area contributed by atoms with E-state index in [2.05, 4.69) is 97.1 Å². The molecule has 4 rings (SSSR count). The summed E-state index contributed by atoms with van der Waals surface area (Å²) in [5.74, 6) is 0. The van der Waals surface area contributed by atoms with E-state index in [9.17, 15) is 0 Å². The minimum absolute atomic E-state index is 0. The molecule has 0 amide bonds. The van der Waals surface area contributed by atoms with Gasteiger partial charge in [0.15, 0.2) is 0 Å². The van der Waals surface area contributed by atoms with Gasteiger partial charge in [-0.15, -0.1) is 0 Å². The third-order valence-electron chi connectivity index (χ3n) is 4.39. The standard InChI is InChI=1S/C22H18GeP.Cu/c23-20-15-7-9-17-10-8-16-21(22(17)20)24(18-11-3-1-4-12-18)19-13-5-2-6-14-19;/h1-16H,23H2;/p+1. The van der Waals surface area contributed by atoms with Crippen molar-refractivity contribution in [3.05, 3.63) is 97.1 Å². The first-order chi connectivity index (χ1) is 11.8. The van der Waals surface area contributed by atoms with Crippen LogP contribution in [0.2, 0.25) is 0 Å². The van der Waals surface area contributed by atoms with Crippen LogP contribution in [0.15, 0.2) is 97.1 Å². The van der Waals surface area contributed by atoms with Gasteiger partial charge in [-0.1, -0.05) is 0 Å². The number of hydrogen-bond acceptors (Lipinski definition) is 0. The maximum absolute atomic E-state index is 2.34. The summed E-state index contributed by atoms with van der Waals surface area (Å²) >= 11 is 1.19. The summed E-state index contributed by atoms with van der Waals surface area (Å²) in [6, 6.07) is 35.5. The number of fused-ring (bicyclic) bond motifs is 1. The molecule has 0 aliphatic heterocycles. The number of benzene rings is 4. The number of hydrogen-bond donors (Lipinski definition) is 0. The van der Waals surface area contributed by atoms with Crippen molar-refractivity contribution >= 4 is 55.5 Å². The van der Waals surface area contributed by atoms with E-state index >= 15 is 0 Å². The molecule has 0 nitrogen and oxygen atoms in total. The van der Waals surface area contributed by atoms with E-state index in [1.165, 1.54) is 47.6 Å². The average molecular weight is 451 g/mol. The molecular formula is C22H19CuGeP+. The summed E-state index contributed by atoms with van der Waals surface area (Å²) < 4.78 is 1.48. The van der Waals surface area contributed by atoms with Gasteiger partial charge in [0.2, 0.25) is 0 Å². The molecule has 0 saturated carbocycles. The van der Waals surface area contributed by atoms with Crippen molar-refractivity contribution in [1.29, 1.82) is 0 Å². The zero-order valence-corrected chi connectivity index (χ0v) is 18.7. The Bertz CT molecular complexity index is 926. The molecule has 0 heterocycles. The Morgan fingerprint density at radius 2 is 1.08 bits per heavy atom. The van der Waals surface area contributed by atoms with Crippen LogP contribution in [-0.2, 0) is 17.1 Å². The zero-order valence-electron chi connectivity index (χ0n) is 13.7. The third kappa shape index (κ3) is 3.76. The molecule has 0 aliphatic carbocycles. The normalized spacial score (nSPS) is 10.6. The van der Waals surface area contributed by atoms with Crippen molar-refractivity contribution in [1.82, 2.24) is 0 Å². The summed E-state index contributed by atoms with van der Waals surface area (Å²) in [5.41, 5.74) is 0. The van der Waals surface area contributed by atoms with Gasteiger partial charge in [-0.05, 0) is 0 Å². The molecule has 0 atom stereocenters. The van der Waals surface area contributed by atoms with Crippen molar-refractivity contribution < 1.29 is 17.1 Å². The molecule has 0 N–H and O–H groups in total. The summed E-state index contributed by atoms with van der Waals surface area (Å²) in [6.45, 7) is 0. The van der Waals surface area contributed by atoms with Crippen LogP contribution >= 0.6 is 7.92 Å². The summed E-state index contributed by atoms with van der Waals surface area (Å²) in [4.78, 5) is 0. The SMILES string of the molecule is [Cu].[GeH2][c]1cccc2cccc([PH+](c3ccccc3)c3ccccc3)c12. The molecule has 0 aromatic heterocycles. The van der Waals surface area contributed by atoms with Crippen molar-refractivity contribution in [2.75, 3.05) is 0 Å². The number of rotatable bonds is 3. The Hall–Kier alpha value is -1.37. The van der Waals surface area contributed by atoms with Crippen LogP contribution < -0.4 is 20.3 Å². The van der Waals surface area contributed by atoms with Gasteiger partial charge in [0.25, 0.3) is 0 Å². The van der Waals surface area contributed by atoms with Crippen LogP contribution in [0.25, 0.3) is 10.8 Å². The topological polar surface area (TPSA) is 0 Å². The molecule has 3 heteroatoms. The van der Waals surface area contributed by atoms with Gasteiger partial charge in [0.1, 0.15) is 0 Å². The molecule has 0 bridgehead atoms. The van der Waals surface area contributed by atoms with Crippen molar-refractivity contribution in [2.24, 2.45) is 0 Å². The second-order valence-corrected chi connectivity index (χ2v) is 9.97. The molecule has 0 spiro atoms. The summed E-state index contributed by atoms with van der Waals surface area (Å²) in [6.07, 6.45) is 0. The molecule has 4 aromatic rings. The fourth-order valence-electron chi connectivity index (χ4n) is 3.31. The first-order valence-electron chi connectivity index (χ1n) is 8.16. The first kappa shape index (κ1) is 18.4. The van der Waals surface area contributed by atoms with Gasteiger partial charge in [0, 0.05) is 17.1 Å². The summed E-state index contributed by atoms with van der Waals surface area (Å²) in [7, 11) is -1.00. The van der Waals surface area contributed by atoms with Crippen LogP contribution in [0.4, 0.5) is 0 Å². The van der Waals surface area contributed by atoms with E-state index in [1.54, 1.807) is 0 Å². The van der Waals surface area contributed by atoms with Gasteiger partial charge < -0.3 is 0 Å². The van der Waals surface area contributed by atoms with E-state index < -0.39 is 7.92 Å². The average Bonchev–Trinajstić information content (AvgIpc) is 2.64. The maximum atomic E-state index is 2.34. The van der Waals surface area contributed by atoms with Crippen molar-refractivity contribution in [2.45, 2.75) is 0 Å². The minimum atomic E-state index is -1.00. The van der Waals surface area contributed by atoms with Gasteiger partial charge in [0.05, 0.1) is 0 Å². The Balaban J connectivity index is 0.00000182. The Morgan fingerprint density at radius 3 is 1.64 bits per heavy atom. The van der Waals surface area contributed by atoms with Crippen LogP contribution in [0.5, 0.6) is 0 Å². The molecule has 0 aliphatic rings. The second kappa shape index (κ2) is 8.34. The Labute approximate surface area is 169 Å². The van der Waals surface area contributed by atoms with E-state index in [1.807, 2.05) is 0 Å². The van der Waals surface area contributed by atoms with Crippen LogP contribution in [-0.4, -0.2) is 16.5 Å². The molecule has 0 unspecified atom stereocenters. The molecule has 4 aromatic carbocycles. The van der Waals surface area contributed by atoms with Gasteiger partial charge >= 0.3 is 153 Å². The fourth-order valence-corrected chi connectivity index (χ4v) is 7.62. The van der Waals surface area contributed by atoms with Crippen LogP contribution in [0.3, 0.4) is 0 Å². The Kier molecular flexibility index (Phi) is 6.15. The zero-order chi connectivity index (χ0) is 16.4. The van der Waals surface area contributed by atoms with Crippen LogP contribution in [0, 0.1) is 0 Å². The van der Waals surface area contributed by atoms with E-state index in [0.717, 1.165) is 0 Å². The predicted molar refractivity (Wildman–Crippen MR) is 112 cm³/mol. The van der Waals surface area contributed by atoms with E-state index in [4.69, 9.17) is 0 Å². The Morgan fingerprint density at radius 1 is 0.560 bits per heavy atom. The predicted octanol–water partition coefficient (Wildman–Crippen LogP) is 2.59. The molecule has 126 valence electrons. The van der Waals surface area contributed by atoms with Gasteiger partial charge in [-0.25, -0.2) is 0 Å². The monoisotopic (exact) mass is 451 g/mol. The van der Waals surface area contributed by atoms with E-state index in [0.29, 0.717) is 0 Å². The third-order valence-corrected chi connectivity index (χ3v) is 8.40. The molecule has 0 saturated heterocycles. The van der Waals surface area contributed by atoms with Crippen molar-refractivity contribution in [3.63, 3.8) is 0 Å². The van der Waals surface area contributed by atoms with E-state index in [-0.39, 0.29) is 17.1 Å². The molecule has 0 fully saturated rings. The fraction of sp³-hybridized carbons (Fsp3) is 0. The first-order valence-corrected chi connectivity index (χ1v) is 11.1. The molecular weight excluding hydrogens is 431 g/mol. The second-order valence-electron chi connectivity index (χ2n) is 5.93. The molecule has 25 heavy (non-hydrogen) atoms. The molecule has 2 radical (unpaired) electrons. The van der Waals surface area contributed by atoms with Crippen LogP contribution in [0.1, 0.15) is 0 Å².